The van der Waals surface area contributed by atoms with Gasteiger partial charge in [0.1, 0.15) is 0 Å². The molecule has 0 bridgehead atoms. The van der Waals surface area contributed by atoms with E-state index in [1.807, 2.05) is 6.92 Å². The van der Waals surface area contributed by atoms with E-state index < -0.39 is 0 Å². The molecular weight excluding hydrogens is 265 g/mol. The molecule has 17 heavy (non-hydrogen) atoms. The average Bonchev–Trinajstić information content (AvgIpc) is 2.18. The Hall–Kier alpha value is -0.0700. The lowest BCUT2D eigenvalue weighted by molar-refractivity contribution is -0.121. The molecule has 1 aliphatic rings. The number of carbonyl (C=O) groups is 1. The van der Waals surface area contributed by atoms with Gasteiger partial charge in [-0.25, -0.2) is 0 Å². The first-order valence-corrected chi connectivity index (χ1v) is 5.51. The topological polar surface area (TPSA) is 67.6 Å². The number of amides is 1. The molecule has 0 aromatic carbocycles. The second-order valence-corrected chi connectivity index (χ2v) is 3.99. The first-order chi connectivity index (χ1) is 7.18. The quantitative estimate of drug-likeness (QED) is 0.748. The van der Waals surface area contributed by atoms with Crippen LogP contribution >= 0.6 is 24.8 Å². The lowest BCUT2D eigenvalue weighted by atomic mass is 10.2. The normalized spacial score (nSPS) is 17.5. The minimum absolute atomic E-state index is 0. The Kier molecular flexibility index (Phi) is 12.5. The van der Waals surface area contributed by atoms with Gasteiger partial charge in [0, 0.05) is 38.6 Å². The number of rotatable bonds is 5. The first kappa shape index (κ1) is 19.3. The molecule has 1 saturated heterocycles. The standard InChI is InChI=1S/C10H21N3O2.2ClH/c1-9(11)8-10(14)12-2-3-13-4-6-15-7-5-13;;/h9H,2-8,11H2,1H3,(H,12,14);2*1H. The van der Waals surface area contributed by atoms with Crippen molar-refractivity contribution in [1.82, 2.24) is 10.2 Å². The molecule has 104 valence electrons. The van der Waals surface area contributed by atoms with E-state index in [9.17, 15) is 4.79 Å². The number of nitrogens with one attached hydrogen (secondary N) is 1. The van der Waals surface area contributed by atoms with Crippen molar-refractivity contribution < 1.29 is 9.53 Å². The van der Waals surface area contributed by atoms with Gasteiger partial charge in [-0.15, -0.1) is 24.8 Å². The SMILES string of the molecule is CC(N)CC(=O)NCCN1CCOCC1.Cl.Cl. The number of hydrogen-bond acceptors (Lipinski definition) is 4. The molecule has 5 nitrogen and oxygen atoms in total. The highest BCUT2D eigenvalue weighted by atomic mass is 35.5. The molecule has 0 aromatic rings. The molecule has 0 radical (unpaired) electrons. The lowest BCUT2D eigenvalue weighted by Crippen LogP contribution is -2.41. The Balaban J connectivity index is 0. The zero-order valence-corrected chi connectivity index (χ0v) is 11.8. The Morgan fingerprint density at radius 1 is 1.41 bits per heavy atom. The van der Waals surface area contributed by atoms with Crippen LogP contribution in [0.15, 0.2) is 0 Å². The fraction of sp³-hybridized carbons (Fsp3) is 0.900. The Labute approximate surface area is 115 Å². The van der Waals surface area contributed by atoms with E-state index in [0.717, 1.165) is 32.8 Å². The van der Waals surface area contributed by atoms with E-state index in [2.05, 4.69) is 10.2 Å². The van der Waals surface area contributed by atoms with Crippen LogP contribution < -0.4 is 11.1 Å². The van der Waals surface area contributed by atoms with Gasteiger partial charge in [0.25, 0.3) is 0 Å². The van der Waals surface area contributed by atoms with Gasteiger partial charge in [-0.05, 0) is 6.92 Å². The molecule has 1 aliphatic heterocycles. The summed E-state index contributed by atoms with van der Waals surface area (Å²) in [4.78, 5) is 13.5. The van der Waals surface area contributed by atoms with E-state index in [4.69, 9.17) is 10.5 Å². The smallest absolute Gasteiger partial charge is 0.221 e. The summed E-state index contributed by atoms with van der Waals surface area (Å²) in [6, 6.07) is -0.0617. The molecule has 0 spiro atoms. The van der Waals surface area contributed by atoms with Crippen LogP contribution in [0.5, 0.6) is 0 Å². The summed E-state index contributed by atoms with van der Waals surface area (Å²) >= 11 is 0. The summed E-state index contributed by atoms with van der Waals surface area (Å²) in [5.74, 6) is 0.0401. The summed E-state index contributed by atoms with van der Waals surface area (Å²) in [6.07, 6.45) is 0.406. The molecule has 0 aromatic heterocycles. The van der Waals surface area contributed by atoms with Crippen molar-refractivity contribution in [2.45, 2.75) is 19.4 Å². The van der Waals surface area contributed by atoms with Crippen LogP contribution in [-0.4, -0.2) is 56.2 Å². The second-order valence-electron chi connectivity index (χ2n) is 3.99. The highest BCUT2D eigenvalue weighted by Crippen LogP contribution is 1.94. The van der Waals surface area contributed by atoms with Crippen LogP contribution in [0.25, 0.3) is 0 Å². The van der Waals surface area contributed by atoms with Crippen molar-refractivity contribution >= 4 is 30.7 Å². The maximum Gasteiger partial charge on any atom is 0.221 e. The van der Waals surface area contributed by atoms with E-state index in [1.54, 1.807) is 0 Å². The summed E-state index contributed by atoms with van der Waals surface area (Å²) in [6.45, 7) is 6.95. The molecule has 1 atom stereocenters. The number of halogens is 2. The van der Waals surface area contributed by atoms with E-state index >= 15 is 0 Å². The highest BCUT2D eigenvalue weighted by Gasteiger charge is 2.10. The monoisotopic (exact) mass is 287 g/mol. The predicted molar refractivity (Wildman–Crippen MR) is 73.0 cm³/mol. The number of nitrogens with two attached hydrogens (primary N) is 1. The average molecular weight is 288 g/mol. The summed E-state index contributed by atoms with van der Waals surface area (Å²) in [5, 5.41) is 2.86. The van der Waals surface area contributed by atoms with Crippen molar-refractivity contribution in [2.75, 3.05) is 39.4 Å². The van der Waals surface area contributed by atoms with Gasteiger partial charge in [-0.1, -0.05) is 0 Å². The van der Waals surface area contributed by atoms with Crippen LogP contribution in [0, 0.1) is 0 Å². The Bertz CT molecular complexity index is 200. The Morgan fingerprint density at radius 3 is 2.53 bits per heavy atom. The highest BCUT2D eigenvalue weighted by molar-refractivity contribution is 5.85. The molecule has 7 heteroatoms. The molecule has 3 N–H and O–H groups in total. The van der Waals surface area contributed by atoms with Gasteiger partial charge in [0.15, 0.2) is 0 Å². The third-order valence-corrected chi connectivity index (χ3v) is 2.36. The van der Waals surface area contributed by atoms with Gasteiger partial charge >= 0.3 is 0 Å². The van der Waals surface area contributed by atoms with Gasteiger partial charge < -0.3 is 15.8 Å². The number of ether oxygens (including phenoxy) is 1. The lowest BCUT2D eigenvalue weighted by Gasteiger charge is -2.26. The molecule has 1 fully saturated rings. The minimum atomic E-state index is -0.0617. The van der Waals surface area contributed by atoms with Gasteiger partial charge in [0.05, 0.1) is 13.2 Å². The van der Waals surface area contributed by atoms with Gasteiger partial charge in [-0.2, -0.15) is 0 Å². The van der Waals surface area contributed by atoms with Gasteiger partial charge in [-0.3, -0.25) is 9.69 Å². The van der Waals surface area contributed by atoms with Crippen LogP contribution in [0.3, 0.4) is 0 Å². The molecule has 0 aliphatic carbocycles. The molecule has 0 saturated carbocycles. The summed E-state index contributed by atoms with van der Waals surface area (Å²) < 4.78 is 5.23. The maximum atomic E-state index is 11.3. The fourth-order valence-corrected chi connectivity index (χ4v) is 1.54. The van der Waals surface area contributed by atoms with E-state index in [-0.39, 0.29) is 36.8 Å². The van der Waals surface area contributed by atoms with Crippen molar-refractivity contribution in [3.63, 3.8) is 0 Å². The Morgan fingerprint density at radius 2 is 2.00 bits per heavy atom. The number of hydrogen-bond donors (Lipinski definition) is 2. The maximum absolute atomic E-state index is 11.3. The summed E-state index contributed by atoms with van der Waals surface area (Å²) in [7, 11) is 0. The fourth-order valence-electron chi connectivity index (χ4n) is 1.54. The van der Waals surface area contributed by atoms with Gasteiger partial charge in [0.2, 0.25) is 5.91 Å². The molecule has 1 rings (SSSR count). The van der Waals surface area contributed by atoms with Crippen LogP contribution in [0.4, 0.5) is 0 Å². The van der Waals surface area contributed by atoms with Crippen LogP contribution in [0.1, 0.15) is 13.3 Å². The first-order valence-electron chi connectivity index (χ1n) is 5.51. The zero-order valence-electron chi connectivity index (χ0n) is 10.2. The van der Waals surface area contributed by atoms with Crippen molar-refractivity contribution in [3.05, 3.63) is 0 Å². The van der Waals surface area contributed by atoms with Crippen LogP contribution in [0.2, 0.25) is 0 Å². The molecule has 1 unspecified atom stereocenters. The molecule has 1 heterocycles. The predicted octanol–water partition coefficient (Wildman–Crippen LogP) is 0.0157. The zero-order chi connectivity index (χ0) is 11.1. The van der Waals surface area contributed by atoms with Crippen molar-refractivity contribution in [2.24, 2.45) is 5.73 Å². The number of carbonyl (C=O) groups excluding carboxylic acids is 1. The van der Waals surface area contributed by atoms with E-state index in [0.29, 0.717) is 13.0 Å². The minimum Gasteiger partial charge on any atom is -0.379 e. The van der Waals surface area contributed by atoms with Crippen LogP contribution in [-0.2, 0) is 9.53 Å². The third-order valence-electron chi connectivity index (χ3n) is 2.36. The van der Waals surface area contributed by atoms with E-state index in [1.165, 1.54) is 0 Å². The largest absolute Gasteiger partial charge is 0.379 e. The number of nitrogens with zero attached hydrogens (tertiary/aromatic N) is 1. The van der Waals surface area contributed by atoms with Crippen molar-refractivity contribution in [1.29, 1.82) is 0 Å². The van der Waals surface area contributed by atoms with Crippen molar-refractivity contribution in [3.8, 4) is 0 Å². The summed E-state index contributed by atoms with van der Waals surface area (Å²) in [5.41, 5.74) is 5.52. The number of morpholine rings is 1. The third kappa shape index (κ3) is 9.62. The second kappa shape index (κ2) is 11.0. The molecular formula is C10H23Cl2N3O2. The molecule has 1 amide bonds.